The van der Waals surface area contributed by atoms with Crippen molar-refractivity contribution >= 4 is 28.9 Å². The molecule has 0 saturated carbocycles. The summed E-state index contributed by atoms with van der Waals surface area (Å²) in [6.07, 6.45) is 0. The summed E-state index contributed by atoms with van der Waals surface area (Å²) in [5.74, 6) is -0.503. The largest absolute Gasteiger partial charge is 0.486 e. The van der Waals surface area contributed by atoms with Crippen LogP contribution in [0.4, 0.5) is 4.39 Å². The van der Waals surface area contributed by atoms with Crippen LogP contribution in [0.25, 0.3) is 0 Å². The Morgan fingerprint density at radius 1 is 1.56 bits per heavy atom. The zero-order valence-electron chi connectivity index (χ0n) is 9.31. The van der Waals surface area contributed by atoms with E-state index in [1.807, 2.05) is 0 Å². The Kier molecular flexibility index (Phi) is 3.88. The van der Waals surface area contributed by atoms with E-state index in [0.29, 0.717) is 15.6 Å². The molecule has 0 radical (unpaired) electrons. The average Bonchev–Trinajstić information content (AvgIpc) is 2.72. The normalized spacial score (nSPS) is 10.4. The second-order valence-corrected chi connectivity index (χ2v) is 4.83. The van der Waals surface area contributed by atoms with Gasteiger partial charge in [0.25, 0.3) is 0 Å². The number of nitrogens with zero attached hydrogens (tertiary/aromatic N) is 2. The number of ketones is 1. The SMILES string of the molecule is CC(=O)c1ccc(F)cc1OCc1nnsc1Cl. The molecule has 0 aliphatic rings. The van der Waals surface area contributed by atoms with Gasteiger partial charge in [0.15, 0.2) is 5.78 Å². The summed E-state index contributed by atoms with van der Waals surface area (Å²) in [5.41, 5.74) is 0.774. The van der Waals surface area contributed by atoms with Gasteiger partial charge in [0, 0.05) is 17.6 Å². The van der Waals surface area contributed by atoms with Crippen molar-refractivity contribution in [2.24, 2.45) is 0 Å². The highest BCUT2D eigenvalue weighted by atomic mass is 35.5. The first-order valence-electron chi connectivity index (χ1n) is 4.98. The number of carbonyl (C=O) groups excluding carboxylic acids is 1. The van der Waals surface area contributed by atoms with Crippen LogP contribution in [-0.2, 0) is 6.61 Å². The Bertz CT molecular complexity index is 588. The lowest BCUT2D eigenvalue weighted by Crippen LogP contribution is -2.02. The van der Waals surface area contributed by atoms with E-state index in [1.54, 1.807) is 0 Å². The van der Waals surface area contributed by atoms with Gasteiger partial charge >= 0.3 is 0 Å². The lowest BCUT2D eigenvalue weighted by Gasteiger charge is -2.08. The van der Waals surface area contributed by atoms with Crippen LogP contribution < -0.4 is 4.74 Å². The predicted octanol–water partition coefficient (Wildman–Crippen LogP) is 3.11. The molecule has 94 valence electrons. The zero-order valence-corrected chi connectivity index (χ0v) is 10.9. The van der Waals surface area contributed by atoms with E-state index in [1.165, 1.54) is 19.1 Å². The van der Waals surface area contributed by atoms with Gasteiger partial charge in [-0.1, -0.05) is 16.1 Å². The van der Waals surface area contributed by atoms with Crippen LogP contribution in [0.15, 0.2) is 18.2 Å². The summed E-state index contributed by atoms with van der Waals surface area (Å²) in [7, 11) is 0. The molecule has 1 aromatic heterocycles. The van der Waals surface area contributed by atoms with Gasteiger partial charge in [-0.3, -0.25) is 4.79 Å². The lowest BCUT2D eigenvalue weighted by molar-refractivity contribution is 0.101. The maximum Gasteiger partial charge on any atom is 0.163 e. The van der Waals surface area contributed by atoms with E-state index in [4.69, 9.17) is 16.3 Å². The number of carbonyl (C=O) groups is 1. The average molecular weight is 287 g/mol. The molecule has 1 heterocycles. The molecule has 0 spiro atoms. The van der Waals surface area contributed by atoms with E-state index in [2.05, 4.69) is 9.59 Å². The first-order valence-corrected chi connectivity index (χ1v) is 6.13. The van der Waals surface area contributed by atoms with Gasteiger partial charge < -0.3 is 4.74 Å². The summed E-state index contributed by atoms with van der Waals surface area (Å²) >= 11 is 6.85. The van der Waals surface area contributed by atoms with Crippen molar-refractivity contribution in [3.05, 3.63) is 39.6 Å². The van der Waals surface area contributed by atoms with Crippen molar-refractivity contribution in [2.75, 3.05) is 0 Å². The minimum Gasteiger partial charge on any atom is -0.486 e. The molecule has 0 aliphatic carbocycles. The number of hydrogen-bond acceptors (Lipinski definition) is 5. The molecular formula is C11H8ClFN2O2S. The molecule has 4 nitrogen and oxygen atoms in total. The Balaban J connectivity index is 2.20. The molecule has 0 bridgehead atoms. The molecule has 2 rings (SSSR count). The highest BCUT2D eigenvalue weighted by Gasteiger charge is 2.12. The Morgan fingerprint density at radius 2 is 2.33 bits per heavy atom. The molecule has 18 heavy (non-hydrogen) atoms. The molecule has 1 aromatic carbocycles. The number of benzene rings is 1. The number of Topliss-reactive ketones (excluding diaryl/α,β-unsaturated/α-hetero) is 1. The second kappa shape index (κ2) is 5.41. The predicted molar refractivity (Wildman–Crippen MR) is 65.7 cm³/mol. The molecule has 7 heteroatoms. The molecule has 0 N–H and O–H groups in total. The van der Waals surface area contributed by atoms with Gasteiger partial charge in [-0.25, -0.2) is 4.39 Å². The van der Waals surface area contributed by atoms with Crippen molar-refractivity contribution in [2.45, 2.75) is 13.5 Å². The van der Waals surface area contributed by atoms with E-state index < -0.39 is 5.82 Å². The van der Waals surface area contributed by atoms with Crippen LogP contribution in [0.5, 0.6) is 5.75 Å². The van der Waals surface area contributed by atoms with Crippen LogP contribution in [0.3, 0.4) is 0 Å². The molecular weight excluding hydrogens is 279 g/mol. The minimum absolute atomic E-state index is 0.0407. The maximum absolute atomic E-state index is 13.1. The van der Waals surface area contributed by atoms with E-state index in [0.717, 1.165) is 17.6 Å². The third kappa shape index (κ3) is 2.83. The highest BCUT2D eigenvalue weighted by molar-refractivity contribution is 7.10. The summed E-state index contributed by atoms with van der Waals surface area (Å²) < 4.78 is 22.5. The Morgan fingerprint density at radius 3 is 2.94 bits per heavy atom. The fraction of sp³-hybridized carbons (Fsp3) is 0.182. The topological polar surface area (TPSA) is 52.1 Å². The number of ether oxygens (including phenoxy) is 1. The molecule has 0 unspecified atom stereocenters. The highest BCUT2D eigenvalue weighted by Crippen LogP contribution is 2.23. The van der Waals surface area contributed by atoms with Crippen LogP contribution in [-0.4, -0.2) is 15.4 Å². The smallest absolute Gasteiger partial charge is 0.163 e. The van der Waals surface area contributed by atoms with Crippen LogP contribution in [0.2, 0.25) is 4.34 Å². The number of rotatable bonds is 4. The number of aromatic nitrogens is 2. The van der Waals surface area contributed by atoms with Gasteiger partial charge in [-0.15, -0.1) is 5.10 Å². The summed E-state index contributed by atoms with van der Waals surface area (Å²) in [5, 5.41) is 3.76. The van der Waals surface area contributed by atoms with Gasteiger partial charge in [-0.05, 0) is 19.1 Å². The number of hydrogen-bond donors (Lipinski definition) is 0. The van der Waals surface area contributed by atoms with E-state index in [-0.39, 0.29) is 18.1 Å². The monoisotopic (exact) mass is 286 g/mol. The van der Waals surface area contributed by atoms with Crippen molar-refractivity contribution in [3.63, 3.8) is 0 Å². The van der Waals surface area contributed by atoms with Crippen molar-refractivity contribution < 1.29 is 13.9 Å². The van der Waals surface area contributed by atoms with Crippen LogP contribution in [0.1, 0.15) is 23.0 Å². The number of halogens is 2. The summed E-state index contributed by atoms with van der Waals surface area (Å²) in [6, 6.07) is 3.75. The van der Waals surface area contributed by atoms with Gasteiger partial charge in [0.1, 0.15) is 28.2 Å². The third-order valence-corrected chi connectivity index (χ3v) is 3.18. The maximum atomic E-state index is 13.1. The quantitative estimate of drug-likeness (QED) is 0.810. The van der Waals surface area contributed by atoms with Gasteiger partial charge in [0.2, 0.25) is 0 Å². The second-order valence-electron chi connectivity index (χ2n) is 3.48. The molecule has 2 aromatic rings. The fourth-order valence-corrected chi connectivity index (χ4v) is 1.94. The standard InChI is InChI=1S/C11H8ClFN2O2S/c1-6(16)8-3-2-7(13)4-10(8)17-5-9-11(12)18-15-14-9/h2-4H,5H2,1H3. The van der Waals surface area contributed by atoms with E-state index in [9.17, 15) is 9.18 Å². The molecule has 0 amide bonds. The van der Waals surface area contributed by atoms with Gasteiger partial charge in [-0.2, -0.15) is 0 Å². The first-order chi connectivity index (χ1) is 8.58. The Hall–Kier alpha value is -1.53. The Labute approximate surface area is 112 Å². The molecule has 0 saturated heterocycles. The summed E-state index contributed by atoms with van der Waals surface area (Å²) in [4.78, 5) is 11.4. The fourth-order valence-electron chi connectivity index (χ4n) is 1.34. The lowest BCUT2D eigenvalue weighted by atomic mass is 10.1. The minimum atomic E-state index is -0.475. The zero-order chi connectivity index (χ0) is 13.1. The third-order valence-electron chi connectivity index (χ3n) is 2.20. The van der Waals surface area contributed by atoms with Gasteiger partial charge in [0.05, 0.1) is 5.56 Å². The van der Waals surface area contributed by atoms with Crippen molar-refractivity contribution in [1.29, 1.82) is 0 Å². The first kappa shape index (κ1) is 12.9. The van der Waals surface area contributed by atoms with Crippen molar-refractivity contribution in [1.82, 2.24) is 9.59 Å². The van der Waals surface area contributed by atoms with Crippen LogP contribution >= 0.6 is 23.1 Å². The van der Waals surface area contributed by atoms with Crippen molar-refractivity contribution in [3.8, 4) is 5.75 Å². The molecule has 0 atom stereocenters. The molecule has 0 aliphatic heterocycles. The van der Waals surface area contributed by atoms with Crippen LogP contribution in [0, 0.1) is 5.82 Å². The molecule has 0 fully saturated rings. The summed E-state index contributed by atoms with van der Waals surface area (Å²) in [6.45, 7) is 1.43. The van der Waals surface area contributed by atoms with E-state index >= 15 is 0 Å².